The van der Waals surface area contributed by atoms with Gasteiger partial charge in [-0.15, -0.1) is 0 Å². The van der Waals surface area contributed by atoms with Crippen LogP contribution in [0, 0.1) is 27.9 Å². The van der Waals surface area contributed by atoms with Crippen LogP contribution in [0.2, 0.25) is 0 Å². The summed E-state index contributed by atoms with van der Waals surface area (Å²) in [4.78, 5) is 28.6. The van der Waals surface area contributed by atoms with Gasteiger partial charge in [-0.2, -0.15) is 13.2 Å². The number of carbonyl (C=O) groups is 1. The molecule has 2 aliphatic rings. The fourth-order valence-corrected chi connectivity index (χ4v) is 5.32. The summed E-state index contributed by atoms with van der Waals surface area (Å²) >= 11 is 0. The summed E-state index contributed by atoms with van der Waals surface area (Å²) < 4.78 is 43.4. The molecule has 30 heavy (non-hydrogen) atoms. The largest absolute Gasteiger partial charge is 0.423 e. The van der Waals surface area contributed by atoms with E-state index in [2.05, 4.69) is 4.98 Å². The second-order valence-corrected chi connectivity index (χ2v) is 8.69. The number of pyridine rings is 1. The number of halogens is 3. The SMILES string of the molecule is CC(C)C(=O)N1CC2CCC(C1)C2c1cn(C)c2ncc([N+](=O)[O-])c(C(F)(F)F)c12. The number of fused-ring (bicyclic) bond motifs is 3. The van der Waals surface area contributed by atoms with Crippen molar-refractivity contribution in [3.63, 3.8) is 0 Å². The first-order chi connectivity index (χ1) is 14.0. The highest BCUT2D eigenvalue weighted by Gasteiger charge is 2.48. The number of aryl methyl sites for hydroxylation is 1. The van der Waals surface area contributed by atoms with E-state index in [-0.39, 0.29) is 40.6 Å². The van der Waals surface area contributed by atoms with Gasteiger partial charge in [-0.25, -0.2) is 4.98 Å². The molecule has 1 saturated heterocycles. The van der Waals surface area contributed by atoms with Gasteiger partial charge >= 0.3 is 11.9 Å². The Balaban J connectivity index is 1.86. The predicted octanol–water partition coefficient (Wildman–Crippen LogP) is 4.11. The van der Waals surface area contributed by atoms with E-state index in [9.17, 15) is 28.1 Å². The Morgan fingerprint density at radius 2 is 1.87 bits per heavy atom. The summed E-state index contributed by atoms with van der Waals surface area (Å²) in [7, 11) is 1.60. The van der Waals surface area contributed by atoms with Crippen LogP contribution in [0.15, 0.2) is 12.4 Å². The molecule has 1 saturated carbocycles. The maximum atomic E-state index is 14.0. The number of piperidine rings is 1. The van der Waals surface area contributed by atoms with E-state index in [1.54, 1.807) is 13.2 Å². The topological polar surface area (TPSA) is 81.3 Å². The average Bonchev–Trinajstić information content (AvgIpc) is 3.11. The monoisotopic (exact) mass is 424 g/mol. The van der Waals surface area contributed by atoms with Crippen LogP contribution in [0.1, 0.15) is 43.7 Å². The Morgan fingerprint density at radius 3 is 2.37 bits per heavy atom. The third-order valence-electron chi connectivity index (χ3n) is 6.47. The second-order valence-electron chi connectivity index (χ2n) is 8.69. The zero-order valence-corrected chi connectivity index (χ0v) is 16.9. The van der Waals surface area contributed by atoms with Crippen molar-refractivity contribution < 1.29 is 22.9 Å². The molecule has 2 bridgehead atoms. The van der Waals surface area contributed by atoms with Gasteiger partial charge in [0.05, 0.1) is 4.92 Å². The van der Waals surface area contributed by atoms with Crippen LogP contribution in [-0.2, 0) is 18.0 Å². The average molecular weight is 424 g/mol. The van der Waals surface area contributed by atoms with Crippen molar-refractivity contribution in [3.05, 3.63) is 33.6 Å². The van der Waals surface area contributed by atoms with E-state index in [4.69, 9.17) is 0 Å². The molecule has 0 aromatic carbocycles. The third-order valence-corrected chi connectivity index (χ3v) is 6.47. The smallest absolute Gasteiger partial charge is 0.342 e. The van der Waals surface area contributed by atoms with Crippen molar-refractivity contribution in [1.82, 2.24) is 14.5 Å². The van der Waals surface area contributed by atoms with Crippen molar-refractivity contribution in [2.45, 2.75) is 38.8 Å². The zero-order chi connectivity index (χ0) is 22.0. The zero-order valence-electron chi connectivity index (χ0n) is 16.9. The second kappa shape index (κ2) is 6.95. The van der Waals surface area contributed by atoms with Crippen molar-refractivity contribution in [1.29, 1.82) is 0 Å². The lowest BCUT2D eigenvalue weighted by Crippen LogP contribution is -2.45. The third kappa shape index (κ3) is 3.13. The number of nitrogens with zero attached hydrogens (tertiary/aromatic N) is 4. The molecule has 2 unspecified atom stereocenters. The molecule has 2 aromatic rings. The van der Waals surface area contributed by atoms with Crippen LogP contribution in [-0.4, -0.2) is 38.4 Å². The lowest BCUT2D eigenvalue weighted by Gasteiger charge is -2.39. The fourth-order valence-electron chi connectivity index (χ4n) is 5.32. The molecule has 162 valence electrons. The molecule has 2 fully saturated rings. The molecule has 3 heterocycles. The first-order valence-corrected chi connectivity index (χ1v) is 9.99. The highest BCUT2D eigenvalue weighted by atomic mass is 19.4. The molecule has 2 aromatic heterocycles. The molecule has 0 radical (unpaired) electrons. The Hall–Kier alpha value is -2.65. The molecule has 10 heteroatoms. The molecule has 4 rings (SSSR count). The summed E-state index contributed by atoms with van der Waals surface area (Å²) in [5, 5.41) is 11.2. The minimum absolute atomic E-state index is 0.0254. The van der Waals surface area contributed by atoms with Crippen LogP contribution < -0.4 is 0 Å². The van der Waals surface area contributed by atoms with Gasteiger partial charge in [0.2, 0.25) is 5.91 Å². The molecule has 0 spiro atoms. The summed E-state index contributed by atoms with van der Waals surface area (Å²) in [5.41, 5.74) is -1.71. The Labute approximate surface area is 171 Å². The number of hydrogen-bond donors (Lipinski definition) is 0. The quantitative estimate of drug-likeness (QED) is 0.549. The Kier molecular flexibility index (Phi) is 4.78. The standard InChI is InChI=1S/C20H23F3N4O3/c1-10(2)19(28)26-7-11-4-5-12(8-26)15(11)13-9-25(3)18-16(13)17(20(21,22)23)14(6-24-18)27(29)30/h6,9-12,15H,4-5,7-8H2,1-3H3. The number of nitro groups is 1. The van der Waals surface area contributed by atoms with Crippen molar-refractivity contribution >= 4 is 22.6 Å². The first-order valence-electron chi connectivity index (χ1n) is 9.99. The van der Waals surface area contributed by atoms with E-state index in [1.807, 2.05) is 18.7 Å². The molecule has 1 aliphatic heterocycles. The van der Waals surface area contributed by atoms with Crippen molar-refractivity contribution in [2.24, 2.45) is 24.8 Å². The van der Waals surface area contributed by atoms with Crippen LogP contribution in [0.4, 0.5) is 18.9 Å². The minimum atomic E-state index is -4.88. The Bertz CT molecular complexity index is 1020. The van der Waals surface area contributed by atoms with E-state index >= 15 is 0 Å². The number of aromatic nitrogens is 2. The summed E-state index contributed by atoms with van der Waals surface area (Å²) in [5.74, 6) is -0.219. The van der Waals surface area contributed by atoms with Gasteiger partial charge in [-0.05, 0) is 36.2 Å². The molecule has 1 aliphatic carbocycles. The van der Waals surface area contributed by atoms with Crippen molar-refractivity contribution in [3.8, 4) is 0 Å². The van der Waals surface area contributed by atoms with E-state index < -0.39 is 22.4 Å². The summed E-state index contributed by atoms with van der Waals surface area (Å²) in [6.07, 6.45) is -0.929. The van der Waals surface area contributed by atoms with Gasteiger partial charge in [0.25, 0.3) is 0 Å². The van der Waals surface area contributed by atoms with Gasteiger partial charge in [-0.1, -0.05) is 13.8 Å². The molecular weight excluding hydrogens is 401 g/mol. The van der Waals surface area contributed by atoms with Crippen LogP contribution in [0.25, 0.3) is 11.0 Å². The van der Waals surface area contributed by atoms with Crippen LogP contribution in [0.3, 0.4) is 0 Å². The predicted molar refractivity (Wildman–Crippen MR) is 103 cm³/mol. The summed E-state index contributed by atoms with van der Waals surface area (Å²) in [6, 6.07) is 0. The first kappa shape index (κ1) is 20.6. The number of likely N-dealkylation sites (tertiary alicyclic amines) is 1. The van der Waals surface area contributed by atoms with E-state index in [0.717, 1.165) is 12.8 Å². The van der Waals surface area contributed by atoms with Gasteiger partial charge < -0.3 is 9.47 Å². The maximum absolute atomic E-state index is 14.0. The lowest BCUT2D eigenvalue weighted by atomic mass is 9.79. The van der Waals surface area contributed by atoms with Gasteiger partial charge in [0, 0.05) is 37.6 Å². The molecule has 7 nitrogen and oxygen atoms in total. The van der Waals surface area contributed by atoms with Gasteiger partial charge in [0.1, 0.15) is 17.4 Å². The maximum Gasteiger partial charge on any atom is 0.423 e. The van der Waals surface area contributed by atoms with E-state index in [0.29, 0.717) is 24.8 Å². The fraction of sp³-hybridized carbons (Fsp3) is 0.600. The van der Waals surface area contributed by atoms with Gasteiger partial charge in [0.15, 0.2) is 0 Å². The van der Waals surface area contributed by atoms with Gasteiger partial charge in [-0.3, -0.25) is 14.9 Å². The number of rotatable bonds is 3. The van der Waals surface area contributed by atoms with E-state index in [1.165, 1.54) is 4.57 Å². The molecule has 0 N–H and O–H groups in total. The van der Waals surface area contributed by atoms with Crippen LogP contribution >= 0.6 is 0 Å². The highest BCUT2D eigenvalue weighted by molar-refractivity contribution is 5.88. The number of amides is 1. The Morgan fingerprint density at radius 1 is 1.27 bits per heavy atom. The molecule has 2 atom stereocenters. The number of alkyl halides is 3. The van der Waals surface area contributed by atoms with Crippen LogP contribution in [0.5, 0.6) is 0 Å². The summed E-state index contributed by atoms with van der Waals surface area (Å²) in [6.45, 7) is 4.67. The normalized spacial score (nSPS) is 24.1. The lowest BCUT2D eigenvalue weighted by molar-refractivity contribution is -0.388. The van der Waals surface area contributed by atoms with Crippen molar-refractivity contribution in [2.75, 3.05) is 13.1 Å². The number of hydrogen-bond acceptors (Lipinski definition) is 4. The minimum Gasteiger partial charge on any atom is -0.342 e. The number of carbonyl (C=O) groups excluding carboxylic acids is 1. The highest BCUT2D eigenvalue weighted by Crippen LogP contribution is 2.52. The molecule has 1 amide bonds. The molecular formula is C20H23F3N4O3.